The lowest BCUT2D eigenvalue weighted by Gasteiger charge is -2.41. The van der Waals surface area contributed by atoms with Gasteiger partial charge < -0.3 is 24.0 Å². The third-order valence-electron chi connectivity index (χ3n) is 6.45. The summed E-state index contributed by atoms with van der Waals surface area (Å²) < 4.78 is 31.4. The molecule has 0 N–H and O–H groups in total. The summed E-state index contributed by atoms with van der Waals surface area (Å²) in [5, 5.41) is 0.202. The number of methoxy groups -OCH3 is 1. The zero-order valence-corrected chi connectivity index (χ0v) is 24.5. The zero-order valence-electron chi connectivity index (χ0n) is 23.8. The number of carbonyl (C=O) groups is 2. The van der Waals surface area contributed by atoms with Crippen molar-refractivity contribution in [3.8, 4) is 16.9 Å². The van der Waals surface area contributed by atoms with E-state index in [9.17, 15) is 14.0 Å². The molecule has 7 nitrogen and oxygen atoms in total. The molecule has 2 amide bonds. The maximum absolute atomic E-state index is 14.7. The highest BCUT2D eigenvalue weighted by Crippen LogP contribution is 2.37. The standard InChI is InChI=1S/C30H40ClFN2O5/c1-20(2)34(21-11-9-14-33(19-21)29(36)39-30(3,4)5)28(35)24-18-27(38-16-10-15-37-6)23(17-25(24)31)22-12-7-8-13-26(22)32/h7-8,12-13,17-18,20-21H,9-11,14-16,19H2,1-6H3/t21-/m1/s1. The molecule has 0 spiro atoms. The molecule has 1 aliphatic rings. The highest BCUT2D eigenvalue weighted by Gasteiger charge is 2.35. The first kappa shape index (κ1) is 30.7. The van der Waals surface area contributed by atoms with Crippen LogP contribution < -0.4 is 4.74 Å². The highest BCUT2D eigenvalue weighted by molar-refractivity contribution is 6.34. The fourth-order valence-electron chi connectivity index (χ4n) is 4.75. The Bertz CT molecular complexity index is 1150. The SMILES string of the molecule is COCCCOc1cc(C(=O)N(C(C)C)[C@@H]2CCCN(C(=O)OC(C)(C)C)C2)c(Cl)cc1-c1ccccc1F. The van der Waals surface area contributed by atoms with Crippen LogP contribution in [0.3, 0.4) is 0 Å². The third-order valence-corrected chi connectivity index (χ3v) is 6.76. The van der Waals surface area contributed by atoms with Gasteiger partial charge in [-0.05, 0) is 65.7 Å². The molecular weight excluding hydrogens is 523 g/mol. The smallest absolute Gasteiger partial charge is 0.410 e. The monoisotopic (exact) mass is 562 g/mol. The van der Waals surface area contributed by atoms with Crippen LogP contribution in [0.15, 0.2) is 36.4 Å². The second-order valence-corrected chi connectivity index (χ2v) is 11.4. The number of carbonyl (C=O) groups excluding carboxylic acids is 2. The van der Waals surface area contributed by atoms with Gasteiger partial charge in [0.2, 0.25) is 0 Å². The van der Waals surface area contributed by atoms with Crippen molar-refractivity contribution in [2.45, 2.75) is 71.6 Å². The van der Waals surface area contributed by atoms with Crippen LogP contribution in [0, 0.1) is 5.82 Å². The van der Waals surface area contributed by atoms with Crippen LogP contribution in [0.25, 0.3) is 11.1 Å². The van der Waals surface area contributed by atoms with Gasteiger partial charge in [0.1, 0.15) is 17.2 Å². The number of piperidine rings is 1. The van der Waals surface area contributed by atoms with E-state index in [-0.39, 0.29) is 34.7 Å². The van der Waals surface area contributed by atoms with Gasteiger partial charge in [-0.2, -0.15) is 0 Å². The zero-order chi connectivity index (χ0) is 28.7. The van der Waals surface area contributed by atoms with E-state index in [0.717, 1.165) is 12.8 Å². The predicted molar refractivity (Wildman–Crippen MR) is 151 cm³/mol. The van der Waals surface area contributed by atoms with Crippen molar-refractivity contribution in [2.75, 3.05) is 33.4 Å². The Morgan fingerprint density at radius 3 is 2.51 bits per heavy atom. The van der Waals surface area contributed by atoms with E-state index < -0.39 is 11.4 Å². The lowest BCUT2D eigenvalue weighted by Crippen LogP contribution is -2.54. The van der Waals surface area contributed by atoms with Gasteiger partial charge >= 0.3 is 6.09 Å². The van der Waals surface area contributed by atoms with Crippen LogP contribution >= 0.6 is 11.6 Å². The minimum absolute atomic E-state index is 0.158. The van der Waals surface area contributed by atoms with Crippen LogP contribution in [0.1, 0.15) is 64.2 Å². The molecule has 39 heavy (non-hydrogen) atoms. The van der Waals surface area contributed by atoms with E-state index in [1.165, 1.54) is 6.07 Å². The summed E-state index contributed by atoms with van der Waals surface area (Å²) in [6.45, 7) is 11.1. The van der Waals surface area contributed by atoms with Gasteiger partial charge in [0.15, 0.2) is 0 Å². The van der Waals surface area contributed by atoms with E-state index in [2.05, 4.69) is 0 Å². The Balaban J connectivity index is 1.94. The Labute approximate surface area is 236 Å². The lowest BCUT2D eigenvalue weighted by molar-refractivity contribution is 0.00752. The van der Waals surface area contributed by atoms with Gasteiger partial charge in [-0.3, -0.25) is 4.79 Å². The van der Waals surface area contributed by atoms with E-state index in [0.29, 0.717) is 49.6 Å². The molecule has 2 aromatic rings. The average molecular weight is 563 g/mol. The number of hydrogen-bond acceptors (Lipinski definition) is 5. The van der Waals surface area contributed by atoms with Crippen molar-refractivity contribution >= 4 is 23.6 Å². The third kappa shape index (κ3) is 8.08. The normalized spacial score (nSPS) is 15.8. The number of rotatable bonds is 9. The summed E-state index contributed by atoms with van der Waals surface area (Å²) in [5.41, 5.74) is 0.463. The molecule has 0 aromatic heterocycles. The van der Waals surface area contributed by atoms with Crippen LogP contribution in [0.2, 0.25) is 5.02 Å². The Morgan fingerprint density at radius 2 is 1.87 bits per heavy atom. The topological polar surface area (TPSA) is 68.3 Å². The largest absolute Gasteiger partial charge is 0.493 e. The average Bonchev–Trinajstić information content (AvgIpc) is 2.86. The van der Waals surface area contributed by atoms with Gasteiger partial charge in [0, 0.05) is 50.4 Å². The Hall–Kier alpha value is -2.84. The summed E-state index contributed by atoms with van der Waals surface area (Å²) in [6, 6.07) is 9.19. The molecule has 0 aliphatic carbocycles. The minimum atomic E-state index is -0.606. The Morgan fingerprint density at radius 1 is 1.15 bits per heavy atom. The molecule has 3 rings (SSSR count). The molecule has 214 valence electrons. The van der Waals surface area contributed by atoms with E-state index in [1.54, 1.807) is 47.2 Å². The molecule has 1 heterocycles. The number of nitrogens with zero attached hydrogens (tertiary/aromatic N) is 2. The van der Waals surface area contributed by atoms with Crippen molar-refractivity contribution in [2.24, 2.45) is 0 Å². The number of halogens is 2. The number of ether oxygens (including phenoxy) is 3. The molecule has 0 unspecified atom stereocenters. The van der Waals surface area contributed by atoms with Crippen molar-refractivity contribution in [3.63, 3.8) is 0 Å². The summed E-state index contributed by atoms with van der Waals surface area (Å²) in [7, 11) is 1.61. The van der Waals surface area contributed by atoms with Gasteiger partial charge in [0.05, 0.1) is 23.2 Å². The van der Waals surface area contributed by atoms with Crippen LogP contribution in [-0.4, -0.2) is 72.9 Å². The summed E-state index contributed by atoms with van der Waals surface area (Å²) in [6.07, 6.45) is 1.73. The fraction of sp³-hybridized carbons (Fsp3) is 0.533. The maximum Gasteiger partial charge on any atom is 0.410 e. The van der Waals surface area contributed by atoms with Gasteiger partial charge in [-0.1, -0.05) is 29.8 Å². The molecule has 1 atom stereocenters. The van der Waals surface area contributed by atoms with Crippen LogP contribution in [0.4, 0.5) is 9.18 Å². The quantitative estimate of drug-likeness (QED) is 0.314. The number of likely N-dealkylation sites (tertiary alicyclic amines) is 1. The van der Waals surface area contributed by atoms with Gasteiger partial charge in [-0.25, -0.2) is 9.18 Å². The number of amides is 2. The summed E-state index contributed by atoms with van der Waals surface area (Å²) in [4.78, 5) is 30.2. The molecule has 2 aromatic carbocycles. The second kappa shape index (κ2) is 13.5. The van der Waals surface area contributed by atoms with Gasteiger partial charge in [0.25, 0.3) is 5.91 Å². The highest BCUT2D eigenvalue weighted by atomic mass is 35.5. The van der Waals surface area contributed by atoms with Crippen molar-refractivity contribution < 1.29 is 28.2 Å². The molecule has 0 radical (unpaired) electrons. The first-order valence-electron chi connectivity index (χ1n) is 13.4. The molecule has 9 heteroatoms. The first-order valence-corrected chi connectivity index (χ1v) is 13.8. The van der Waals surface area contributed by atoms with Crippen LogP contribution in [0.5, 0.6) is 5.75 Å². The van der Waals surface area contributed by atoms with E-state index in [1.807, 2.05) is 34.6 Å². The lowest BCUT2D eigenvalue weighted by atomic mass is 9.98. The summed E-state index contributed by atoms with van der Waals surface area (Å²) in [5.74, 6) is -0.317. The number of hydrogen-bond donors (Lipinski definition) is 0. The number of benzene rings is 2. The van der Waals surface area contributed by atoms with E-state index in [4.69, 9.17) is 25.8 Å². The molecular formula is C30H40ClFN2O5. The van der Waals surface area contributed by atoms with E-state index >= 15 is 0 Å². The maximum atomic E-state index is 14.7. The predicted octanol–water partition coefficient (Wildman–Crippen LogP) is 6.81. The fourth-order valence-corrected chi connectivity index (χ4v) is 4.99. The molecule has 1 fully saturated rings. The Kier molecular flexibility index (Phi) is 10.6. The summed E-state index contributed by atoms with van der Waals surface area (Å²) >= 11 is 6.69. The molecule has 0 bridgehead atoms. The van der Waals surface area contributed by atoms with Crippen molar-refractivity contribution in [1.29, 1.82) is 0 Å². The van der Waals surface area contributed by atoms with Crippen molar-refractivity contribution in [1.82, 2.24) is 9.80 Å². The molecule has 1 saturated heterocycles. The molecule has 0 saturated carbocycles. The van der Waals surface area contributed by atoms with Gasteiger partial charge in [-0.15, -0.1) is 0 Å². The van der Waals surface area contributed by atoms with Crippen LogP contribution in [-0.2, 0) is 9.47 Å². The first-order chi connectivity index (χ1) is 18.4. The van der Waals surface area contributed by atoms with Crippen molar-refractivity contribution in [3.05, 3.63) is 52.8 Å². The minimum Gasteiger partial charge on any atom is -0.493 e. The molecule has 1 aliphatic heterocycles. The second-order valence-electron chi connectivity index (χ2n) is 11.0.